The summed E-state index contributed by atoms with van der Waals surface area (Å²) in [6.07, 6.45) is 7.42. The van der Waals surface area contributed by atoms with E-state index in [0.717, 1.165) is 42.6 Å². The quantitative estimate of drug-likeness (QED) is 0.556. The van der Waals surface area contributed by atoms with Crippen LogP contribution in [0.4, 0.5) is 4.79 Å². The molecule has 0 saturated carbocycles. The zero-order chi connectivity index (χ0) is 22.7. The molecule has 2 rings (SSSR count). The highest BCUT2D eigenvalue weighted by molar-refractivity contribution is 5.75. The highest BCUT2D eigenvalue weighted by Crippen LogP contribution is 2.17. The summed E-state index contributed by atoms with van der Waals surface area (Å²) >= 11 is 0. The number of nitrogens with one attached hydrogen (secondary N) is 2. The summed E-state index contributed by atoms with van der Waals surface area (Å²) in [5.74, 6) is 0.00251. The SMILES string of the molecule is Cc1ccnc(-c2cc(CCCCCC(=O)NCCNC(=O)OC(C)(C)C)ccn2)c1. The van der Waals surface area contributed by atoms with Crippen LogP contribution in [0.25, 0.3) is 11.4 Å². The smallest absolute Gasteiger partial charge is 0.407 e. The molecule has 7 heteroatoms. The van der Waals surface area contributed by atoms with Gasteiger partial charge in [-0.15, -0.1) is 0 Å². The lowest BCUT2D eigenvalue weighted by Crippen LogP contribution is -2.37. The molecular weight excluding hydrogens is 392 g/mol. The third-order valence-corrected chi connectivity index (χ3v) is 4.49. The Morgan fingerprint density at radius 1 is 0.935 bits per heavy atom. The van der Waals surface area contributed by atoms with Crippen LogP contribution in [0.5, 0.6) is 0 Å². The number of pyridine rings is 2. The number of nitrogens with zero attached hydrogens (tertiary/aromatic N) is 2. The van der Waals surface area contributed by atoms with Gasteiger partial charge in [0.15, 0.2) is 0 Å². The molecule has 168 valence electrons. The number of aryl methyl sites for hydroxylation is 2. The molecule has 2 aromatic rings. The van der Waals surface area contributed by atoms with E-state index in [4.69, 9.17) is 4.74 Å². The van der Waals surface area contributed by atoms with E-state index in [0.29, 0.717) is 19.5 Å². The largest absolute Gasteiger partial charge is 0.444 e. The number of carbonyl (C=O) groups excluding carboxylic acids is 2. The van der Waals surface area contributed by atoms with Gasteiger partial charge in [0.05, 0.1) is 11.4 Å². The van der Waals surface area contributed by atoms with E-state index in [1.165, 1.54) is 5.56 Å². The van der Waals surface area contributed by atoms with Crippen LogP contribution in [-0.2, 0) is 16.0 Å². The van der Waals surface area contributed by atoms with Crippen molar-refractivity contribution in [1.82, 2.24) is 20.6 Å². The van der Waals surface area contributed by atoms with Gasteiger partial charge in [-0.1, -0.05) is 6.42 Å². The molecule has 0 atom stereocenters. The Kier molecular flexibility index (Phi) is 9.43. The lowest BCUT2D eigenvalue weighted by molar-refractivity contribution is -0.121. The molecule has 0 spiro atoms. The molecule has 0 saturated heterocycles. The molecule has 0 radical (unpaired) electrons. The standard InChI is InChI=1S/C24H34N4O3/c1-18-10-12-25-20(16-18)21-17-19(11-13-26-21)8-6-5-7-9-22(29)27-14-15-28-23(30)31-24(2,3)4/h10-13,16-17H,5-9,14-15H2,1-4H3,(H,27,29)(H,28,30). The van der Waals surface area contributed by atoms with Crippen LogP contribution in [0.1, 0.15) is 57.6 Å². The van der Waals surface area contributed by atoms with Crippen molar-refractivity contribution in [2.24, 2.45) is 0 Å². The minimum Gasteiger partial charge on any atom is -0.444 e. The van der Waals surface area contributed by atoms with Gasteiger partial charge in [-0.3, -0.25) is 14.8 Å². The highest BCUT2D eigenvalue weighted by Gasteiger charge is 2.15. The summed E-state index contributed by atoms with van der Waals surface area (Å²) in [5.41, 5.74) is 3.64. The first-order valence-electron chi connectivity index (χ1n) is 10.8. The third-order valence-electron chi connectivity index (χ3n) is 4.49. The monoisotopic (exact) mass is 426 g/mol. The fourth-order valence-corrected chi connectivity index (χ4v) is 3.01. The first kappa shape index (κ1) is 24.3. The van der Waals surface area contributed by atoms with Gasteiger partial charge in [0.25, 0.3) is 0 Å². The molecule has 31 heavy (non-hydrogen) atoms. The number of carbonyl (C=O) groups is 2. The highest BCUT2D eigenvalue weighted by atomic mass is 16.6. The number of rotatable bonds is 10. The average Bonchev–Trinajstić information content (AvgIpc) is 2.70. The van der Waals surface area contributed by atoms with Crippen molar-refractivity contribution in [3.05, 3.63) is 47.8 Å². The molecule has 0 unspecified atom stereocenters. The predicted molar refractivity (Wildman–Crippen MR) is 122 cm³/mol. The molecule has 0 fully saturated rings. The molecule has 2 amide bonds. The second-order valence-corrected chi connectivity index (χ2v) is 8.61. The number of unbranched alkanes of at least 4 members (excludes halogenated alkanes) is 2. The van der Waals surface area contributed by atoms with Crippen molar-refractivity contribution in [1.29, 1.82) is 0 Å². The van der Waals surface area contributed by atoms with Crippen molar-refractivity contribution in [3.8, 4) is 11.4 Å². The van der Waals surface area contributed by atoms with Crippen LogP contribution in [0.15, 0.2) is 36.7 Å². The predicted octanol–water partition coefficient (Wildman–Crippen LogP) is 4.20. The summed E-state index contributed by atoms with van der Waals surface area (Å²) in [5, 5.41) is 5.44. The van der Waals surface area contributed by atoms with Gasteiger partial charge in [-0.25, -0.2) is 4.79 Å². The van der Waals surface area contributed by atoms with E-state index in [2.05, 4.69) is 26.7 Å². The van der Waals surface area contributed by atoms with Crippen molar-refractivity contribution < 1.29 is 14.3 Å². The van der Waals surface area contributed by atoms with Gasteiger partial charge < -0.3 is 15.4 Å². The summed E-state index contributed by atoms with van der Waals surface area (Å²) < 4.78 is 5.14. The van der Waals surface area contributed by atoms with Crippen molar-refractivity contribution in [3.63, 3.8) is 0 Å². The number of hydrogen-bond donors (Lipinski definition) is 2. The molecule has 2 heterocycles. The number of hydrogen-bond acceptors (Lipinski definition) is 5. The molecule has 0 aliphatic rings. The summed E-state index contributed by atoms with van der Waals surface area (Å²) in [7, 11) is 0. The first-order chi connectivity index (χ1) is 14.7. The zero-order valence-electron chi connectivity index (χ0n) is 19.0. The average molecular weight is 427 g/mol. The minimum absolute atomic E-state index is 0.00251. The van der Waals surface area contributed by atoms with Gasteiger partial charge >= 0.3 is 6.09 Å². The third kappa shape index (κ3) is 10.1. The molecule has 2 aromatic heterocycles. The maximum Gasteiger partial charge on any atom is 0.407 e. The molecule has 0 aliphatic carbocycles. The fourth-order valence-electron chi connectivity index (χ4n) is 3.01. The van der Waals surface area contributed by atoms with Gasteiger partial charge in [-0.2, -0.15) is 0 Å². The Morgan fingerprint density at radius 3 is 2.32 bits per heavy atom. The number of amides is 2. The summed E-state index contributed by atoms with van der Waals surface area (Å²) in [6.45, 7) is 8.21. The topological polar surface area (TPSA) is 93.2 Å². The van der Waals surface area contributed by atoms with Gasteiger partial charge in [-0.05, 0) is 82.3 Å². The van der Waals surface area contributed by atoms with Crippen molar-refractivity contribution >= 4 is 12.0 Å². The molecule has 7 nitrogen and oxygen atoms in total. The van der Waals surface area contributed by atoms with E-state index < -0.39 is 11.7 Å². The normalized spacial score (nSPS) is 11.1. The van der Waals surface area contributed by atoms with E-state index >= 15 is 0 Å². The van der Waals surface area contributed by atoms with E-state index in [-0.39, 0.29) is 5.91 Å². The molecule has 0 aromatic carbocycles. The van der Waals surface area contributed by atoms with Gasteiger partial charge in [0.2, 0.25) is 5.91 Å². The maximum absolute atomic E-state index is 11.9. The molecule has 2 N–H and O–H groups in total. The van der Waals surface area contributed by atoms with Crippen LogP contribution in [0, 0.1) is 6.92 Å². The van der Waals surface area contributed by atoms with E-state index in [9.17, 15) is 9.59 Å². The second-order valence-electron chi connectivity index (χ2n) is 8.61. The fraction of sp³-hybridized carbons (Fsp3) is 0.500. The Bertz CT molecular complexity index is 862. The Morgan fingerprint density at radius 2 is 1.61 bits per heavy atom. The van der Waals surface area contributed by atoms with Crippen LogP contribution in [0.3, 0.4) is 0 Å². The number of alkyl carbamates (subject to hydrolysis) is 1. The molecule has 0 aliphatic heterocycles. The molecule has 0 bridgehead atoms. The lowest BCUT2D eigenvalue weighted by Gasteiger charge is -2.19. The first-order valence-corrected chi connectivity index (χ1v) is 10.8. The van der Waals surface area contributed by atoms with Crippen LogP contribution in [-0.4, -0.2) is 40.7 Å². The minimum atomic E-state index is -0.525. The van der Waals surface area contributed by atoms with Crippen molar-refractivity contribution in [2.45, 2.75) is 65.4 Å². The summed E-state index contributed by atoms with van der Waals surface area (Å²) in [4.78, 5) is 32.3. The van der Waals surface area contributed by atoms with E-state index in [1.54, 1.807) is 6.20 Å². The van der Waals surface area contributed by atoms with Crippen LogP contribution >= 0.6 is 0 Å². The van der Waals surface area contributed by atoms with Gasteiger partial charge in [0, 0.05) is 31.9 Å². The Hall–Kier alpha value is -2.96. The maximum atomic E-state index is 11.9. The number of ether oxygens (including phenoxy) is 1. The van der Waals surface area contributed by atoms with Crippen LogP contribution < -0.4 is 10.6 Å². The summed E-state index contributed by atoms with van der Waals surface area (Å²) in [6, 6.07) is 8.13. The van der Waals surface area contributed by atoms with Gasteiger partial charge in [0.1, 0.15) is 5.60 Å². The Labute approximate surface area is 185 Å². The van der Waals surface area contributed by atoms with Crippen LogP contribution in [0.2, 0.25) is 0 Å². The number of aromatic nitrogens is 2. The zero-order valence-corrected chi connectivity index (χ0v) is 19.0. The second kappa shape index (κ2) is 12.0. The van der Waals surface area contributed by atoms with Crippen molar-refractivity contribution in [2.75, 3.05) is 13.1 Å². The lowest BCUT2D eigenvalue weighted by atomic mass is 10.1. The Balaban J connectivity index is 1.59. The van der Waals surface area contributed by atoms with E-state index in [1.807, 2.05) is 52.1 Å². The molecular formula is C24H34N4O3.